The molecular formula is C5H11NO3. The average Bonchev–Trinajstić information content (AvgIpc) is 1.63. The Balaban J connectivity index is 3.26. The number of nitrogens with zero attached hydrogens (tertiary/aromatic N) is 1. The van der Waals surface area contributed by atoms with E-state index in [0.717, 1.165) is 12.8 Å². The lowest BCUT2D eigenvalue weighted by molar-refractivity contribution is -0.767. The molecule has 0 saturated carbocycles. The van der Waals surface area contributed by atoms with Crippen molar-refractivity contribution in [1.29, 1.82) is 0 Å². The molecule has 0 heterocycles. The van der Waals surface area contributed by atoms with Crippen LogP contribution in [0.2, 0.25) is 0 Å². The van der Waals surface area contributed by atoms with Gasteiger partial charge < -0.3 is 4.84 Å². The van der Waals surface area contributed by atoms with Crippen LogP contribution in [0.3, 0.4) is 0 Å². The van der Waals surface area contributed by atoms with E-state index in [0.29, 0.717) is 0 Å². The summed E-state index contributed by atoms with van der Waals surface area (Å²) in [5.74, 6) is 0. The van der Waals surface area contributed by atoms with Crippen LogP contribution < -0.4 is 0 Å². The zero-order valence-corrected chi connectivity index (χ0v) is 5.66. The Morgan fingerprint density at radius 3 is 2.67 bits per heavy atom. The van der Waals surface area contributed by atoms with Crippen molar-refractivity contribution in [2.75, 3.05) is 0 Å². The molecule has 4 nitrogen and oxygen atoms in total. The average molecular weight is 133 g/mol. The molecule has 0 amide bonds. The summed E-state index contributed by atoms with van der Waals surface area (Å²) in [6.45, 7) is 3.64. The lowest BCUT2D eigenvalue weighted by Crippen LogP contribution is -2.12. The molecule has 0 saturated heterocycles. The standard InChI is InChI=1S/C5H11NO3/c1-3-4-5(2)9-6(7)8/h5H,3-4H2,1-2H3. The summed E-state index contributed by atoms with van der Waals surface area (Å²) in [5, 5.41) is 8.92. The van der Waals surface area contributed by atoms with Crippen LogP contribution in [0.1, 0.15) is 26.7 Å². The number of rotatable bonds is 4. The van der Waals surface area contributed by atoms with E-state index in [1.54, 1.807) is 6.92 Å². The second kappa shape index (κ2) is 4.12. The Hall–Kier alpha value is -0.800. The molecule has 0 aromatic carbocycles. The lowest BCUT2D eigenvalue weighted by Gasteiger charge is -2.05. The summed E-state index contributed by atoms with van der Waals surface area (Å²) in [6, 6.07) is 0. The van der Waals surface area contributed by atoms with Crippen molar-refractivity contribution in [3.05, 3.63) is 10.1 Å². The molecule has 0 rings (SSSR count). The van der Waals surface area contributed by atoms with Crippen molar-refractivity contribution >= 4 is 0 Å². The fourth-order valence-electron chi connectivity index (χ4n) is 0.606. The third kappa shape index (κ3) is 5.06. The zero-order valence-electron chi connectivity index (χ0n) is 5.66. The summed E-state index contributed by atoms with van der Waals surface area (Å²) in [5.41, 5.74) is 0. The topological polar surface area (TPSA) is 52.4 Å². The summed E-state index contributed by atoms with van der Waals surface area (Å²) in [6.07, 6.45) is 1.39. The van der Waals surface area contributed by atoms with Gasteiger partial charge in [-0.3, -0.25) is 0 Å². The van der Waals surface area contributed by atoms with Gasteiger partial charge in [0, 0.05) is 0 Å². The first-order valence-electron chi connectivity index (χ1n) is 2.98. The molecule has 0 spiro atoms. The van der Waals surface area contributed by atoms with Crippen LogP contribution in [-0.4, -0.2) is 11.2 Å². The molecule has 0 aliphatic heterocycles. The molecular weight excluding hydrogens is 122 g/mol. The van der Waals surface area contributed by atoms with Crippen molar-refractivity contribution in [1.82, 2.24) is 0 Å². The van der Waals surface area contributed by atoms with Crippen LogP contribution in [0.4, 0.5) is 0 Å². The van der Waals surface area contributed by atoms with Gasteiger partial charge in [0.2, 0.25) is 0 Å². The molecule has 4 heteroatoms. The molecule has 0 radical (unpaired) electrons. The van der Waals surface area contributed by atoms with Gasteiger partial charge >= 0.3 is 0 Å². The van der Waals surface area contributed by atoms with Crippen LogP contribution >= 0.6 is 0 Å². The van der Waals surface area contributed by atoms with Gasteiger partial charge in [-0.25, -0.2) is 0 Å². The van der Waals surface area contributed by atoms with Crippen molar-refractivity contribution in [3.63, 3.8) is 0 Å². The van der Waals surface area contributed by atoms with Crippen molar-refractivity contribution in [2.24, 2.45) is 0 Å². The minimum absolute atomic E-state index is 0.259. The Kier molecular flexibility index (Phi) is 3.75. The molecule has 0 aliphatic rings. The predicted octanol–water partition coefficient (Wildman–Crippen LogP) is 1.38. The number of hydrogen-bond acceptors (Lipinski definition) is 3. The predicted molar refractivity (Wildman–Crippen MR) is 32.4 cm³/mol. The zero-order chi connectivity index (χ0) is 7.28. The van der Waals surface area contributed by atoms with Crippen LogP contribution in [0, 0.1) is 10.1 Å². The third-order valence-corrected chi connectivity index (χ3v) is 0.961. The molecule has 0 fully saturated rings. The van der Waals surface area contributed by atoms with Gasteiger partial charge in [0.05, 0.1) is 0 Å². The monoisotopic (exact) mass is 133 g/mol. The fraction of sp³-hybridized carbons (Fsp3) is 1.00. The Morgan fingerprint density at radius 2 is 2.33 bits per heavy atom. The highest BCUT2D eigenvalue weighted by atomic mass is 17.0. The summed E-state index contributed by atoms with van der Waals surface area (Å²) < 4.78 is 0. The largest absolute Gasteiger partial charge is 0.311 e. The summed E-state index contributed by atoms with van der Waals surface area (Å²) in [7, 11) is 0. The lowest BCUT2D eigenvalue weighted by atomic mass is 10.2. The SMILES string of the molecule is CCCC(C)O[N+](=O)[O-]. The van der Waals surface area contributed by atoms with Gasteiger partial charge in [-0.2, -0.15) is 0 Å². The second-order valence-electron chi connectivity index (χ2n) is 1.93. The van der Waals surface area contributed by atoms with E-state index in [-0.39, 0.29) is 6.10 Å². The molecule has 9 heavy (non-hydrogen) atoms. The molecule has 0 aromatic rings. The Morgan fingerprint density at radius 1 is 1.78 bits per heavy atom. The van der Waals surface area contributed by atoms with Gasteiger partial charge in [-0.15, -0.1) is 10.1 Å². The quantitative estimate of drug-likeness (QED) is 0.430. The van der Waals surface area contributed by atoms with E-state index < -0.39 is 5.09 Å². The smallest absolute Gasteiger partial charge is 0.294 e. The summed E-state index contributed by atoms with van der Waals surface area (Å²) in [4.78, 5) is 13.9. The van der Waals surface area contributed by atoms with Crippen molar-refractivity contribution < 1.29 is 9.92 Å². The Bertz CT molecular complexity index is 94.2. The van der Waals surface area contributed by atoms with Gasteiger partial charge in [-0.1, -0.05) is 13.3 Å². The Labute approximate surface area is 53.9 Å². The van der Waals surface area contributed by atoms with Crippen LogP contribution in [0.15, 0.2) is 0 Å². The normalized spacial score (nSPS) is 12.7. The highest BCUT2D eigenvalue weighted by Gasteiger charge is 2.03. The molecule has 0 aromatic heterocycles. The molecule has 1 unspecified atom stereocenters. The molecule has 0 N–H and O–H groups in total. The van der Waals surface area contributed by atoms with E-state index in [4.69, 9.17) is 0 Å². The fourth-order valence-corrected chi connectivity index (χ4v) is 0.606. The molecule has 0 aliphatic carbocycles. The van der Waals surface area contributed by atoms with Crippen LogP contribution in [0.5, 0.6) is 0 Å². The van der Waals surface area contributed by atoms with Gasteiger partial charge in [0.25, 0.3) is 5.09 Å². The molecule has 54 valence electrons. The first kappa shape index (κ1) is 8.20. The minimum atomic E-state index is -0.750. The molecule has 0 bridgehead atoms. The highest BCUT2D eigenvalue weighted by molar-refractivity contribution is 4.42. The highest BCUT2D eigenvalue weighted by Crippen LogP contribution is 1.99. The van der Waals surface area contributed by atoms with E-state index in [2.05, 4.69) is 4.84 Å². The second-order valence-corrected chi connectivity index (χ2v) is 1.93. The first-order chi connectivity index (χ1) is 4.16. The van der Waals surface area contributed by atoms with Crippen LogP contribution in [0.25, 0.3) is 0 Å². The van der Waals surface area contributed by atoms with Crippen molar-refractivity contribution in [2.45, 2.75) is 32.8 Å². The van der Waals surface area contributed by atoms with Crippen LogP contribution in [-0.2, 0) is 4.84 Å². The van der Waals surface area contributed by atoms with Gasteiger partial charge in [-0.05, 0) is 13.3 Å². The van der Waals surface area contributed by atoms with E-state index >= 15 is 0 Å². The molecule has 1 atom stereocenters. The maximum Gasteiger partial charge on any atom is 0.294 e. The third-order valence-electron chi connectivity index (χ3n) is 0.961. The maximum absolute atomic E-state index is 9.67. The minimum Gasteiger partial charge on any atom is -0.311 e. The summed E-state index contributed by atoms with van der Waals surface area (Å²) >= 11 is 0. The van der Waals surface area contributed by atoms with E-state index in [1.807, 2.05) is 6.92 Å². The van der Waals surface area contributed by atoms with Gasteiger partial charge in [0.1, 0.15) is 6.10 Å². The van der Waals surface area contributed by atoms with Gasteiger partial charge in [0.15, 0.2) is 0 Å². The van der Waals surface area contributed by atoms with Crippen molar-refractivity contribution in [3.8, 4) is 0 Å². The first-order valence-corrected chi connectivity index (χ1v) is 2.98. The van der Waals surface area contributed by atoms with E-state index in [9.17, 15) is 10.1 Å². The van der Waals surface area contributed by atoms with E-state index in [1.165, 1.54) is 0 Å². The number of hydrogen-bond donors (Lipinski definition) is 0. The maximum atomic E-state index is 9.67.